The SMILES string of the molecule is O=C1/C(=C\c2cccc(Oc3ccccc3)c2)SC(=S)N1c1ccccc1. The summed E-state index contributed by atoms with van der Waals surface area (Å²) in [5, 5.41) is 0. The van der Waals surface area contributed by atoms with Gasteiger partial charge in [-0.05, 0) is 48.0 Å². The molecule has 0 unspecified atom stereocenters. The zero-order valence-electron chi connectivity index (χ0n) is 14.2. The van der Waals surface area contributed by atoms with Crippen LogP contribution in [0.15, 0.2) is 89.8 Å². The lowest BCUT2D eigenvalue weighted by atomic mass is 10.2. The zero-order chi connectivity index (χ0) is 18.6. The fraction of sp³-hybridized carbons (Fsp3) is 0. The number of rotatable bonds is 4. The summed E-state index contributed by atoms with van der Waals surface area (Å²) in [5.74, 6) is 1.38. The first-order valence-electron chi connectivity index (χ1n) is 8.37. The van der Waals surface area contributed by atoms with Crippen LogP contribution in [0.4, 0.5) is 5.69 Å². The zero-order valence-corrected chi connectivity index (χ0v) is 15.9. The Morgan fingerprint density at radius 1 is 0.852 bits per heavy atom. The minimum Gasteiger partial charge on any atom is -0.457 e. The van der Waals surface area contributed by atoms with Crippen molar-refractivity contribution in [1.29, 1.82) is 0 Å². The Morgan fingerprint density at radius 3 is 2.26 bits per heavy atom. The molecule has 1 heterocycles. The van der Waals surface area contributed by atoms with E-state index >= 15 is 0 Å². The molecule has 3 aromatic carbocycles. The minimum absolute atomic E-state index is 0.106. The van der Waals surface area contributed by atoms with Crippen molar-refractivity contribution in [2.45, 2.75) is 0 Å². The van der Waals surface area contributed by atoms with Gasteiger partial charge in [0.1, 0.15) is 11.5 Å². The highest BCUT2D eigenvalue weighted by Crippen LogP contribution is 2.36. The summed E-state index contributed by atoms with van der Waals surface area (Å²) >= 11 is 6.72. The first kappa shape index (κ1) is 17.5. The molecule has 1 amide bonds. The topological polar surface area (TPSA) is 29.5 Å². The smallest absolute Gasteiger partial charge is 0.270 e. The Labute approximate surface area is 167 Å². The molecule has 0 aliphatic carbocycles. The lowest BCUT2D eigenvalue weighted by Gasteiger charge is -2.13. The quantitative estimate of drug-likeness (QED) is 0.411. The highest BCUT2D eigenvalue weighted by molar-refractivity contribution is 8.27. The molecule has 3 aromatic rings. The van der Waals surface area contributed by atoms with Gasteiger partial charge in [-0.2, -0.15) is 0 Å². The second kappa shape index (κ2) is 7.78. The van der Waals surface area contributed by atoms with Crippen LogP contribution in [0, 0.1) is 0 Å². The molecule has 1 saturated heterocycles. The Balaban J connectivity index is 1.58. The number of nitrogens with zero attached hydrogens (tertiary/aromatic N) is 1. The average molecular weight is 390 g/mol. The maximum absolute atomic E-state index is 12.8. The van der Waals surface area contributed by atoms with E-state index in [2.05, 4.69) is 0 Å². The van der Waals surface area contributed by atoms with Crippen LogP contribution in [0.3, 0.4) is 0 Å². The minimum atomic E-state index is -0.106. The molecule has 0 aromatic heterocycles. The molecule has 0 N–H and O–H groups in total. The Morgan fingerprint density at radius 2 is 1.52 bits per heavy atom. The van der Waals surface area contributed by atoms with Crippen LogP contribution in [0.2, 0.25) is 0 Å². The second-order valence-corrected chi connectivity index (χ2v) is 7.52. The van der Waals surface area contributed by atoms with Gasteiger partial charge in [-0.25, -0.2) is 0 Å². The number of hydrogen-bond acceptors (Lipinski definition) is 4. The van der Waals surface area contributed by atoms with Crippen molar-refractivity contribution in [3.05, 3.63) is 95.4 Å². The summed E-state index contributed by atoms with van der Waals surface area (Å²) in [6.07, 6.45) is 1.85. The van der Waals surface area contributed by atoms with Gasteiger partial charge < -0.3 is 4.74 Å². The molecule has 132 valence electrons. The first-order chi connectivity index (χ1) is 13.2. The number of amides is 1. The number of carbonyl (C=O) groups is 1. The van der Waals surface area contributed by atoms with Crippen molar-refractivity contribution in [2.75, 3.05) is 4.90 Å². The standard InChI is InChI=1S/C22H15NO2S2/c24-21-20(27-22(26)23(21)17-9-3-1-4-10-17)15-16-8-7-13-19(14-16)25-18-11-5-2-6-12-18/h1-15H/b20-15+. The highest BCUT2D eigenvalue weighted by atomic mass is 32.2. The largest absolute Gasteiger partial charge is 0.457 e. The van der Waals surface area contributed by atoms with Crippen LogP contribution in [0.1, 0.15) is 5.56 Å². The number of ether oxygens (including phenoxy) is 1. The predicted molar refractivity (Wildman–Crippen MR) is 115 cm³/mol. The summed E-state index contributed by atoms with van der Waals surface area (Å²) in [4.78, 5) is 15.0. The summed E-state index contributed by atoms with van der Waals surface area (Å²) < 4.78 is 6.40. The van der Waals surface area contributed by atoms with Crippen LogP contribution >= 0.6 is 24.0 Å². The lowest BCUT2D eigenvalue weighted by molar-refractivity contribution is -0.113. The van der Waals surface area contributed by atoms with Gasteiger partial charge in [0, 0.05) is 0 Å². The molecule has 3 nitrogen and oxygen atoms in total. The van der Waals surface area contributed by atoms with Crippen LogP contribution in [0.5, 0.6) is 11.5 Å². The lowest BCUT2D eigenvalue weighted by Crippen LogP contribution is -2.27. The Hall–Kier alpha value is -2.89. The van der Waals surface area contributed by atoms with Crippen LogP contribution in [-0.4, -0.2) is 10.2 Å². The van der Waals surface area contributed by atoms with Crippen molar-refractivity contribution in [3.8, 4) is 11.5 Å². The van der Waals surface area contributed by atoms with Crippen LogP contribution in [-0.2, 0) is 4.79 Å². The molecule has 5 heteroatoms. The maximum atomic E-state index is 12.8. The molecule has 27 heavy (non-hydrogen) atoms. The van der Waals surface area contributed by atoms with Crippen molar-refractivity contribution >= 4 is 46.0 Å². The van der Waals surface area contributed by atoms with Gasteiger partial charge in [-0.15, -0.1) is 0 Å². The second-order valence-electron chi connectivity index (χ2n) is 5.84. The van der Waals surface area contributed by atoms with Gasteiger partial charge in [-0.3, -0.25) is 9.69 Å². The molecule has 0 radical (unpaired) electrons. The fourth-order valence-corrected chi connectivity index (χ4v) is 4.01. The normalized spacial score (nSPS) is 15.4. The molecule has 0 bridgehead atoms. The molecule has 4 rings (SSSR count). The molecular weight excluding hydrogens is 374 g/mol. The number of thiocarbonyl (C=S) groups is 1. The summed E-state index contributed by atoms with van der Waals surface area (Å²) in [6, 6.07) is 26.7. The molecule has 0 atom stereocenters. The molecule has 1 aliphatic rings. The molecular formula is C22H15NO2S2. The Bertz CT molecular complexity index is 1020. The first-order valence-corrected chi connectivity index (χ1v) is 9.59. The van der Waals surface area contributed by atoms with E-state index in [4.69, 9.17) is 17.0 Å². The van der Waals surface area contributed by atoms with Gasteiger partial charge in [-0.1, -0.05) is 72.5 Å². The number of anilines is 1. The number of thioether (sulfide) groups is 1. The molecule has 1 fully saturated rings. The summed E-state index contributed by atoms with van der Waals surface area (Å²) in [7, 11) is 0. The van der Waals surface area contributed by atoms with E-state index in [0.717, 1.165) is 17.0 Å². The monoisotopic (exact) mass is 389 g/mol. The third-order valence-electron chi connectivity index (χ3n) is 3.94. The highest BCUT2D eigenvalue weighted by Gasteiger charge is 2.33. The van der Waals surface area contributed by atoms with Crippen molar-refractivity contribution < 1.29 is 9.53 Å². The number of hydrogen-bond donors (Lipinski definition) is 0. The van der Waals surface area contributed by atoms with E-state index in [1.54, 1.807) is 4.90 Å². The maximum Gasteiger partial charge on any atom is 0.270 e. The van der Waals surface area contributed by atoms with Crippen LogP contribution in [0.25, 0.3) is 6.08 Å². The third-order valence-corrected chi connectivity index (χ3v) is 5.25. The number of carbonyl (C=O) groups excluding carboxylic acids is 1. The van der Waals surface area contributed by atoms with Crippen molar-refractivity contribution in [3.63, 3.8) is 0 Å². The van der Waals surface area contributed by atoms with Crippen molar-refractivity contribution in [1.82, 2.24) is 0 Å². The molecule has 1 aliphatic heterocycles. The molecule has 0 spiro atoms. The van der Waals surface area contributed by atoms with Crippen LogP contribution < -0.4 is 9.64 Å². The van der Waals surface area contributed by atoms with Gasteiger partial charge in [0.05, 0.1) is 10.6 Å². The van der Waals surface area contributed by atoms with E-state index in [1.165, 1.54) is 11.8 Å². The van der Waals surface area contributed by atoms with E-state index in [-0.39, 0.29) is 5.91 Å². The van der Waals surface area contributed by atoms with Gasteiger partial charge >= 0.3 is 0 Å². The number of para-hydroxylation sites is 2. The van der Waals surface area contributed by atoms with Gasteiger partial charge in [0.15, 0.2) is 4.32 Å². The summed E-state index contributed by atoms with van der Waals surface area (Å²) in [6.45, 7) is 0. The van der Waals surface area contributed by atoms with Gasteiger partial charge in [0.25, 0.3) is 5.91 Å². The predicted octanol–water partition coefficient (Wildman–Crippen LogP) is 5.88. The van der Waals surface area contributed by atoms with E-state index in [0.29, 0.717) is 15.0 Å². The van der Waals surface area contributed by atoms with E-state index < -0.39 is 0 Å². The van der Waals surface area contributed by atoms with Gasteiger partial charge in [0.2, 0.25) is 0 Å². The van der Waals surface area contributed by atoms with E-state index in [1.807, 2.05) is 91.0 Å². The summed E-state index contributed by atoms with van der Waals surface area (Å²) in [5.41, 5.74) is 1.67. The third kappa shape index (κ3) is 3.94. The Kier molecular flexibility index (Phi) is 5.05. The van der Waals surface area contributed by atoms with Crippen molar-refractivity contribution in [2.24, 2.45) is 0 Å². The fourth-order valence-electron chi connectivity index (χ4n) is 2.71. The number of benzene rings is 3. The van der Waals surface area contributed by atoms with E-state index in [9.17, 15) is 4.79 Å². The molecule has 0 saturated carbocycles. The average Bonchev–Trinajstić information content (AvgIpc) is 2.97.